The van der Waals surface area contributed by atoms with Gasteiger partial charge in [-0.15, -0.1) is 0 Å². The second-order valence-corrected chi connectivity index (χ2v) is 4.15. The lowest BCUT2D eigenvalue weighted by molar-refractivity contribution is -0.145. The van der Waals surface area contributed by atoms with Gasteiger partial charge in [0.25, 0.3) is 0 Å². The van der Waals surface area contributed by atoms with Crippen LogP contribution in [0.1, 0.15) is 26.7 Å². The van der Waals surface area contributed by atoms with Crippen molar-refractivity contribution in [1.29, 1.82) is 0 Å². The highest BCUT2D eigenvalue weighted by Crippen LogP contribution is 2.24. The van der Waals surface area contributed by atoms with Gasteiger partial charge in [-0.2, -0.15) is 0 Å². The molecule has 1 aliphatic rings. The maximum Gasteiger partial charge on any atom is 0.151 e. The first-order valence-electron chi connectivity index (χ1n) is 4.91. The Hall–Kier alpha value is -0.410. The Kier molecular flexibility index (Phi) is 3.45. The minimum absolute atomic E-state index is 0.133. The molecule has 0 aliphatic carbocycles. The van der Waals surface area contributed by atoms with Crippen molar-refractivity contribution in [2.75, 3.05) is 20.1 Å². The third-order valence-electron chi connectivity index (χ3n) is 2.52. The molecule has 1 rings (SSSR count). The second kappa shape index (κ2) is 4.20. The Balaban J connectivity index is 2.55. The third-order valence-corrected chi connectivity index (χ3v) is 2.52. The summed E-state index contributed by atoms with van der Waals surface area (Å²) in [6, 6.07) is 0. The summed E-state index contributed by atoms with van der Waals surface area (Å²) in [5.74, 6) is 0. The lowest BCUT2D eigenvalue weighted by Crippen LogP contribution is -2.47. The van der Waals surface area contributed by atoms with Gasteiger partial charge in [-0.25, -0.2) is 0 Å². The van der Waals surface area contributed by atoms with Crippen molar-refractivity contribution in [2.24, 2.45) is 0 Å². The standard InChI is InChI=1S/C10H19NO2/c1-9(2)13-10(8-12)4-6-11(3)7-5-10/h8-9H,4-7H2,1-3H3. The van der Waals surface area contributed by atoms with E-state index < -0.39 is 5.60 Å². The van der Waals surface area contributed by atoms with Crippen molar-refractivity contribution in [3.05, 3.63) is 0 Å². The van der Waals surface area contributed by atoms with E-state index in [2.05, 4.69) is 11.9 Å². The highest BCUT2D eigenvalue weighted by atomic mass is 16.5. The van der Waals surface area contributed by atoms with Gasteiger partial charge in [0.2, 0.25) is 0 Å². The fourth-order valence-corrected chi connectivity index (χ4v) is 1.73. The zero-order valence-corrected chi connectivity index (χ0v) is 8.75. The van der Waals surface area contributed by atoms with Crippen LogP contribution in [0.15, 0.2) is 0 Å². The number of likely N-dealkylation sites (tertiary alicyclic amines) is 1. The molecule has 13 heavy (non-hydrogen) atoms. The average molecular weight is 185 g/mol. The number of carbonyl (C=O) groups is 1. The van der Waals surface area contributed by atoms with Crippen LogP contribution in [0, 0.1) is 0 Å². The van der Waals surface area contributed by atoms with Crippen LogP contribution in [0.3, 0.4) is 0 Å². The van der Waals surface area contributed by atoms with Crippen LogP contribution in [-0.4, -0.2) is 43.0 Å². The van der Waals surface area contributed by atoms with Crippen LogP contribution < -0.4 is 0 Å². The summed E-state index contributed by atoms with van der Waals surface area (Å²) in [6.07, 6.45) is 2.77. The molecule has 0 bridgehead atoms. The van der Waals surface area contributed by atoms with E-state index in [4.69, 9.17) is 4.74 Å². The van der Waals surface area contributed by atoms with Crippen LogP contribution >= 0.6 is 0 Å². The summed E-state index contributed by atoms with van der Waals surface area (Å²) >= 11 is 0. The molecule has 0 aromatic carbocycles. The van der Waals surface area contributed by atoms with Crippen molar-refractivity contribution in [2.45, 2.75) is 38.4 Å². The topological polar surface area (TPSA) is 29.5 Å². The lowest BCUT2D eigenvalue weighted by Gasteiger charge is -2.37. The number of rotatable bonds is 3. The Morgan fingerprint density at radius 2 is 1.92 bits per heavy atom. The van der Waals surface area contributed by atoms with Gasteiger partial charge >= 0.3 is 0 Å². The van der Waals surface area contributed by atoms with Crippen molar-refractivity contribution in [3.63, 3.8) is 0 Å². The summed E-state index contributed by atoms with van der Waals surface area (Å²) in [7, 11) is 2.07. The maximum atomic E-state index is 11.0. The molecule has 0 spiro atoms. The SMILES string of the molecule is CC(C)OC1(C=O)CCN(C)CC1. The first-order valence-corrected chi connectivity index (χ1v) is 4.91. The Morgan fingerprint density at radius 1 is 1.38 bits per heavy atom. The summed E-state index contributed by atoms with van der Waals surface area (Å²) in [4.78, 5) is 13.2. The molecule has 1 saturated heterocycles. The Bertz CT molecular complexity index is 172. The van der Waals surface area contributed by atoms with Crippen molar-refractivity contribution in [3.8, 4) is 0 Å². The molecule has 0 aromatic rings. The van der Waals surface area contributed by atoms with E-state index in [1.807, 2.05) is 13.8 Å². The van der Waals surface area contributed by atoms with Crippen molar-refractivity contribution in [1.82, 2.24) is 4.90 Å². The fraction of sp³-hybridized carbons (Fsp3) is 0.900. The highest BCUT2D eigenvalue weighted by molar-refractivity contribution is 5.62. The number of piperidine rings is 1. The monoisotopic (exact) mass is 185 g/mol. The molecule has 0 aromatic heterocycles. The predicted molar refractivity (Wildman–Crippen MR) is 51.7 cm³/mol. The molecule has 0 saturated carbocycles. The molecule has 0 radical (unpaired) electrons. The number of nitrogens with zero attached hydrogens (tertiary/aromatic N) is 1. The van der Waals surface area contributed by atoms with Gasteiger partial charge in [-0.3, -0.25) is 0 Å². The molecule has 1 heterocycles. The van der Waals surface area contributed by atoms with E-state index >= 15 is 0 Å². The molecule has 1 fully saturated rings. The van der Waals surface area contributed by atoms with Crippen LogP contribution in [-0.2, 0) is 9.53 Å². The summed E-state index contributed by atoms with van der Waals surface area (Å²) < 4.78 is 5.68. The molecule has 0 atom stereocenters. The Labute approximate surface area is 80.1 Å². The first kappa shape index (κ1) is 10.7. The van der Waals surface area contributed by atoms with Gasteiger partial charge in [0.15, 0.2) is 6.29 Å². The number of hydrogen-bond acceptors (Lipinski definition) is 3. The van der Waals surface area contributed by atoms with Gasteiger partial charge in [-0.1, -0.05) is 0 Å². The van der Waals surface area contributed by atoms with E-state index in [0.29, 0.717) is 0 Å². The second-order valence-electron chi connectivity index (χ2n) is 4.15. The van der Waals surface area contributed by atoms with Crippen LogP contribution in [0.5, 0.6) is 0 Å². The molecular formula is C10H19NO2. The van der Waals surface area contributed by atoms with E-state index in [1.165, 1.54) is 0 Å². The maximum absolute atomic E-state index is 11.0. The van der Waals surface area contributed by atoms with E-state index in [1.54, 1.807) is 0 Å². The third kappa shape index (κ3) is 2.78. The molecular weight excluding hydrogens is 166 g/mol. The molecule has 76 valence electrons. The smallest absolute Gasteiger partial charge is 0.151 e. The van der Waals surface area contributed by atoms with Crippen LogP contribution in [0.25, 0.3) is 0 Å². The average Bonchev–Trinajstić information content (AvgIpc) is 2.09. The number of carbonyl (C=O) groups excluding carboxylic acids is 1. The fourth-order valence-electron chi connectivity index (χ4n) is 1.73. The molecule has 0 unspecified atom stereocenters. The highest BCUT2D eigenvalue weighted by Gasteiger charge is 2.35. The van der Waals surface area contributed by atoms with Crippen LogP contribution in [0.2, 0.25) is 0 Å². The van der Waals surface area contributed by atoms with Crippen LogP contribution in [0.4, 0.5) is 0 Å². The Morgan fingerprint density at radius 3 is 2.31 bits per heavy atom. The largest absolute Gasteiger partial charge is 0.365 e. The van der Waals surface area contributed by atoms with E-state index in [0.717, 1.165) is 32.2 Å². The molecule has 3 nitrogen and oxygen atoms in total. The minimum Gasteiger partial charge on any atom is -0.365 e. The summed E-state index contributed by atoms with van der Waals surface area (Å²) in [5, 5.41) is 0. The van der Waals surface area contributed by atoms with E-state index in [9.17, 15) is 4.79 Å². The predicted octanol–water partition coefficient (Wildman–Crippen LogP) is 1.07. The number of ether oxygens (including phenoxy) is 1. The first-order chi connectivity index (χ1) is 6.08. The summed E-state index contributed by atoms with van der Waals surface area (Å²) in [6.45, 7) is 5.85. The van der Waals surface area contributed by atoms with Gasteiger partial charge in [-0.05, 0) is 33.7 Å². The van der Waals surface area contributed by atoms with Crippen molar-refractivity contribution < 1.29 is 9.53 Å². The zero-order valence-electron chi connectivity index (χ0n) is 8.75. The lowest BCUT2D eigenvalue weighted by atomic mass is 9.93. The van der Waals surface area contributed by atoms with Gasteiger partial charge in [0.05, 0.1) is 6.10 Å². The molecule has 1 aliphatic heterocycles. The van der Waals surface area contributed by atoms with Crippen molar-refractivity contribution >= 4 is 6.29 Å². The number of hydrogen-bond donors (Lipinski definition) is 0. The molecule has 3 heteroatoms. The van der Waals surface area contributed by atoms with Gasteiger partial charge in [0.1, 0.15) is 5.60 Å². The zero-order chi connectivity index (χ0) is 9.90. The normalized spacial score (nSPS) is 23.4. The molecule has 0 N–H and O–H groups in total. The number of aldehydes is 1. The summed E-state index contributed by atoms with van der Waals surface area (Å²) in [5.41, 5.74) is -0.499. The minimum atomic E-state index is -0.499. The van der Waals surface area contributed by atoms with Gasteiger partial charge in [0, 0.05) is 13.1 Å². The van der Waals surface area contributed by atoms with E-state index in [-0.39, 0.29) is 6.10 Å². The van der Waals surface area contributed by atoms with Gasteiger partial charge < -0.3 is 14.4 Å². The molecule has 0 amide bonds. The quantitative estimate of drug-likeness (QED) is 0.616.